The molecule has 0 aromatic carbocycles. The number of aryl methyl sites for hydroxylation is 2. The van der Waals surface area contributed by atoms with Gasteiger partial charge in [0, 0.05) is 20.0 Å². The molecule has 1 amide bonds. The molecule has 2 N–H and O–H groups in total. The van der Waals surface area contributed by atoms with Gasteiger partial charge in [-0.05, 0) is 61.1 Å². The lowest BCUT2D eigenvalue weighted by Gasteiger charge is -2.20. The van der Waals surface area contributed by atoms with Crippen LogP contribution in [0.5, 0.6) is 0 Å². The summed E-state index contributed by atoms with van der Waals surface area (Å²) in [5.41, 5.74) is 7.55. The molecule has 1 saturated heterocycles. The number of likely N-dealkylation sites (tertiary alicyclic amines) is 1. The SMILES string of the molecule is Cc1nn(C)c(CN2CCCC(CC(N)=O)CC2)c1Br. The van der Waals surface area contributed by atoms with Gasteiger partial charge in [-0.25, -0.2) is 0 Å². The van der Waals surface area contributed by atoms with Gasteiger partial charge in [-0.15, -0.1) is 0 Å². The van der Waals surface area contributed by atoms with E-state index in [0.29, 0.717) is 12.3 Å². The molecule has 0 saturated carbocycles. The number of rotatable bonds is 4. The van der Waals surface area contributed by atoms with E-state index < -0.39 is 0 Å². The van der Waals surface area contributed by atoms with E-state index in [-0.39, 0.29) is 5.91 Å². The summed E-state index contributed by atoms with van der Waals surface area (Å²) in [6.07, 6.45) is 3.82. The van der Waals surface area contributed by atoms with Crippen molar-refractivity contribution in [3.63, 3.8) is 0 Å². The largest absolute Gasteiger partial charge is 0.370 e. The highest BCUT2D eigenvalue weighted by Crippen LogP contribution is 2.25. The predicted octanol–water partition coefficient (Wildman–Crippen LogP) is 1.97. The molecule has 2 heterocycles. The highest BCUT2D eigenvalue weighted by molar-refractivity contribution is 9.10. The van der Waals surface area contributed by atoms with Crippen molar-refractivity contribution in [1.82, 2.24) is 14.7 Å². The first-order valence-corrected chi connectivity index (χ1v) is 7.95. The molecule has 0 radical (unpaired) electrons. The Balaban J connectivity index is 1.95. The molecule has 5 nitrogen and oxygen atoms in total. The van der Waals surface area contributed by atoms with E-state index in [9.17, 15) is 4.79 Å². The van der Waals surface area contributed by atoms with Crippen molar-refractivity contribution in [2.24, 2.45) is 18.7 Å². The van der Waals surface area contributed by atoms with Crippen LogP contribution in [0.25, 0.3) is 0 Å². The molecule has 0 bridgehead atoms. The molecule has 1 atom stereocenters. The van der Waals surface area contributed by atoms with Gasteiger partial charge in [-0.2, -0.15) is 5.10 Å². The molecule has 2 rings (SSSR count). The highest BCUT2D eigenvalue weighted by atomic mass is 79.9. The maximum Gasteiger partial charge on any atom is 0.217 e. The van der Waals surface area contributed by atoms with Crippen LogP contribution in [-0.4, -0.2) is 33.7 Å². The fraction of sp³-hybridized carbons (Fsp3) is 0.714. The molecule has 1 aliphatic heterocycles. The summed E-state index contributed by atoms with van der Waals surface area (Å²) in [7, 11) is 1.99. The molecule has 20 heavy (non-hydrogen) atoms. The Bertz CT molecular complexity index is 486. The molecular weight excluding hydrogens is 320 g/mol. The maximum absolute atomic E-state index is 11.0. The first-order chi connectivity index (χ1) is 9.47. The topological polar surface area (TPSA) is 64.2 Å². The second-order valence-electron chi connectivity index (χ2n) is 5.71. The van der Waals surface area contributed by atoms with Crippen molar-refractivity contribution < 1.29 is 4.79 Å². The Morgan fingerprint density at radius 2 is 2.20 bits per heavy atom. The number of carbonyl (C=O) groups excluding carboxylic acids is 1. The van der Waals surface area contributed by atoms with Crippen LogP contribution in [0.3, 0.4) is 0 Å². The third kappa shape index (κ3) is 3.82. The van der Waals surface area contributed by atoms with E-state index in [2.05, 4.69) is 25.9 Å². The van der Waals surface area contributed by atoms with E-state index in [1.807, 2.05) is 18.7 Å². The van der Waals surface area contributed by atoms with Crippen molar-refractivity contribution >= 4 is 21.8 Å². The number of nitrogens with two attached hydrogens (primary N) is 1. The van der Waals surface area contributed by atoms with Gasteiger partial charge in [0.05, 0.1) is 15.9 Å². The van der Waals surface area contributed by atoms with Crippen molar-refractivity contribution in [2.45, 2.75) is 39.2 Å². The number of aromatic nitrogens is 2. The third-order valence-corrected chi connectivity index (χ3v) is 5.10. The zero-order valence-corrected chi connectivity index (χ0v) is 13.8. The quantitative estimate of drug-likeness (QED) is 0.909. The zero-order chi connectivity index (χ0) is 14.7. The normalized spacial score (nSPS) is 20.9. The van der Waals surface area contributed by atoms with Crippen molar-refractivity contribution in [3.05, 3.63) is 15.9 Å². The van der Waals surface area contributed by atoms with Crippen molar-refractivity contribution in [2.75, 3.05) is 13.1 Å². The molecule has 0 aliphatic carbocycles. The Labute approximate surface area is 128 Å². The van der Waals surface area contributed by atoms with Crippen LogP contribution in [0.4, 0.5) is 0 Å². The monoisotopic (exact) mass is 342 g/mol. The first-order valence-electron chi connectivity index (χ1n) is 7.16. The minimum atomic E-state index is -0.173. The van der Waals surface area contributed by atoms with E-state index >= 15 is 0 Å². The summed E-state index contributed by atoms with van der Waals surface area (Å²) >= 11 is 3.62. The Morgan fingerprint density at radius 3 is 2.80 bits per heavy atom. The van der Waals surface area contributed by atoms with Gasteiger partial charge in [-0.1, -0.05) is 0 Å². The van der Waals surface area contributed by atoms with Gasteiger partial charge in [0.15, 0.2) is 0 Å². The second kappa shape index (κ2) is 6.72. The number of amides is 1. The lowest BCUT2D eigenvalue weighted by molar-refractivity contribution is -0.119. The highest BCUT2D eigenvalue weighted by Gasteiger charge is 2.20. The van der Waals surface area contributed by atoms with Crippen LogP contribution in [0, 0.1) is 12.8 Å². The zero-order valence-electron chi connectivity index (χ0n) is 12.2. The summed E-state index contributed by atoms with van der Waals surface area (Å²) in [5, 5.41) is 4.44. The molecule has 1 aromatic heterocycles. The number of hydrogen-bond acceptors (Lipinski definition) is 3. The van der Waals surface area contributed by atoms with Crippen LogP contribution < -0.4 is 5.73 Å². The van der Waals surface area contributed by atoms with Gasteiger partial charge >= 0.3 is 0 Å². The molecule has 1 aliphatic rings. The van der Waals surface area contributed by atoms with Gasteiger partial charge in [0.2, 0.25) is 5.91 Å². The molecule has 0 spiro atoms. The van der Waals surface area contributed by atoms with Gasteiger partial charge in [0.25, 0.3) is 0 Å². The van der Waals surface area contributed by atoms with Crippen LogP contribution in [0.15, 0.2) is 4.47 Å². The average molecular weight is 343 g/mol. The smallest absolute Gasteiger partial charge is 0.217 e. The molecule has 112 valence electrons. The van der Waals surface area contributed by atoms with Crippen LogP contribution >= 0.6 is 15.9 Å². The number of primary amides is 1. The number of carbonyl (C=O) groups is 1. The number of halogens is 1. The standard InChI is InChI=1S/C14H23BrN4O/c1-10-14(15)12(18(2)17-10)9-19-6-3-4-11(5-7-19)8-13(16)20/h11H,3-9H2,1-2H3,(H2,16,20). The fourth-order valence-corrected chi connectivity index (χ4v) is 3.40. The van der Waals surface area contributed by atoms with E-state index in [4.69, 9.17) is 5.73 Å². The lowest BCUT2D eigenvalue weighted by Crippen LogP contribution is -2.26. The van der Waals surface area contributed by atoms with E-state index in [0.717, 1.165) is 49.1 Å². The summed E-state index contributed by atoms with van der Waals surface area (Å²) in [4.78, 5) is 13.5. The average Bonchev–Trinajstić information content (AvgIpc) is 2.57. The minimum absolute atomic E-state index is 0.173. The Morgan fingerprint density at radius 1 is 1.45 bits per heavy atom. The van der Waals surface area contributed by atoms with Crippen molar-refractivity contribution in [3.8, 4) is 0 Å². The molecule has 1 aromatic rings. The van der Waals surface area contributed by atoms with Gasteiger partial charge in [0.1, 0.15) is 0 Å². The molecule has 1 fully saturated rings. The third-order valence-electron chi connectivity index (χ3n) is 4.07. The second-order valence-corrected chi connectivity index (χ2v) is 6.51. The fourth-order valence-electron chi connectivity index (χ4n) is 2.94. The summed E-state index contributed by atoms with van der Waals surface area (Å²) < 4.78 is 3.06. The molecular formula is C14H23BrN4O. The molecule has 6 heteroatoms. The van der Waals surface area contributed by atoms with Crippen molar-refractivity contribution in [1.29, 1.82) is 0 Å². The maximum atomic E-state index is 11.0. The van der Waals surface area contributed by atoms with Gasteiger partial charge < -0.3 is 5.73 Å². The molecule has 1 unspecified atom stereocenters. The lowest BCUT2D eigenvalue weighted by atomic mass is 9.97. The number of nitrogens with zero attached hydrogens (tertiary/aromatic N) is 3. The first kappa shape index (κ1) is 15.5. The van der Waals surface area contributed by atoms with Crippen LogP contribution in [-0.2, 0) is 18.4 Å². The van der Waals surface area contributed by atoms with E-state index in [1.54, 1.807) is 0 Å². The summed E-state index contributed by atoms with van der Waals surface area (Å²) in [5.74, 6) is 0.280. The van der Waals surface area contributed by atoms with Crippen LogP contribution in [0.1, 0.15) is 37.1 Å². The summed E-state index contributed by atoms with van der Waals surface area (Å²) in [6, 6.07) is 0. The number of hydrogen-bond donors (Lipinski definition) is 1. The Hall–Kier alpha value is -0.880. The van der Waals surface area contributed by atoms with Crippen LogP contribution in [0.2, 0.25) is 0 Å². The van der Waals surface area contributed by atoms with E-state index in [1.165, 1.54) is 5.69 Å². The Kier molecular flexibility index (Phi) is 5.21. The minimum Gasteiger partial charge on any atom is -0.370 e. The predicted molar refractivity (Wildman–Crippen MR) is 82.1 cm³/mol. The van der Waals surface area contributed by atoms with Gasteiger partial charge in [-0.3, -0.25) is 14.4 Å². The summed E-state index contributed by atoms with van der Waals surface area (Å²) in [6.45, 7) is 5.01.